The van der Waals surface area contributed by atoms with Crippen LogP contribution in [0.25, 0.3) is 0 Å². The number of phenolic OH excluding ortho intramolecular Hbond substituents is 1. The molecular formula is C26H20N4O3. The lowest BCUT2D eigenvalue weighted by molar-refractivity contribution is 0.0978. The van der Waals surface area contributed by atoms with E-state index in [0.29, 0.717) is 34.1 Å². The number of aromatic hydroxyl groups is 1. The maximum Gasteiger partial charge on any atom is 0.200 e. The maximum absolute atomic E-state index is 13.6. The summed E-state index contributed by atoms with van der Waals surface area (Å²) in [6.45, 7) is 0. The zero-order chi connectivity index (χ0) is 23.1. The van der Waals surface area contributed by atoms with Crippen molar-refractivity contribution in [3.8, 4) is 5.75 Å². The van der Waals surface area contributed by atoms with Crippen LogP contribution in [0.4, 0.5) is 34.1 Å². The summed E-state index contributed by atoms with van der Waals surface area (Å²) in [7, 11) is 0. The highest BCUT2D eigenvalue weighted by molar-refractivity contribution is 6.33. The van der Waals surface area contributed by atoms with Gasteiger partial charge in [-0.3, -0.25) is 9.59 Å². The van der Waals surface area contributed by atoms with Gasteiger partial charge in [-0.05, 0) is 66.7 Å². The molecule has 7 heteroatoms. The number of hydrogen-bond donors (Lipinski definition) is 5. The van der Waals surface area contributed by atoms with Crippen molar-refractivity contribution in [1.82, 2.24) is 0 Å². The van der Waals surface area contributed by atoms with Gasteiger partial charge in [0.15, 0.2) is 11.6 Å². The van der Waals surface area contributed by atoms with E-state index in [1.807, 2.05) is 0 Å². The van der Waals surface area contributed by atoms with Crippen LogP contribution < -0.4 is 22.1 Å². The second-order valence-electron chi connectivity index (χ2n) is 7.76. The fraction of sp³-hybridized carbons (Fsp3) is 0. The molecule has 33 heavy (non-hydrogen) atoms. The van der Waals surface area contributed by atoms with Crippen molar-refractivity contribution >= 4 is 45.7 Å². The molecule has 0 aromatic heterocycles. The second-order valence-corrected chi connectivity index (χ2v) is 7.76. The highest BCUT2D eigenvalue weighted by Crippen LogP contribution is 2.40. The first kappa shape index (κ1) is 20.1. The van der Waals surface area contributed by atoms with Gasteiger partial charge in [0, 0.05) is 28.3 Å². The van der Waals surface area contributed by atoms with Crippen LogP contribution in [-0.4, -0.2) is 16.7 Å². The minimum Gasteiger partial charge on any atom is -0.507 e. The third-order valence-corrected chi connectivity index (χ3v) is 5.55. The monoisotopic (exact) mass is 436 g/mol. The number of ketones is 2. The summed E-state index contributed by atoms with van der Waals surface area (Å²) >= 11 is 0. The smallest absolute Gasteiger partial charge is 0.200 e. The van der Waals surface area contributed by atoms with Gasteiger partial charge in [0.1, 0.15) is 5.75 Å². The number of fused-ring (bicyclic) bond motifs is 2. The molecule has 0 spiro atoms. The third-order valence-electron chi connectivity index (χ3n) is 5.55. The molecule has 0 atom stereocenters. The van der Waals surface area contributed by atoms with Crippen molar-refractivity contribution in [2.45, 2.75) is 0 Å². The number of rotatable bonds is 4. The van der Waals surface area contributed by atoms with Gasteiger partial charge in [-0.15, -0.1) is 0 Å². The molecule has 0 saturated heterocycles. The van der Waals surface area contributed by atoms with Crippen molar-refractivity contribution < 1.29 is 14.7 Å². The van der Waals surface area contributed by atoms with E-state index >= 15 is 0 Å². The van der Waals surface area contributed by atoms with E-state index < -0.39 is 5.78 Å². The van der Waals surface area contributed by atoms with Gasteiger partial charge >= 0.3 is 0 Å². The van der Waals surface area contributed by atoms with E-state index in [0.717, 1.165) is 0 Å². The number of carbonyl (C=O) groups excluding carboxylic acids is 2. The molecule has 5 rings (SSSR count). The van der Waals surface area contributed by atoms with Gasteiger partial charge in [0.2, 0.25) is 0 Å². The van der Waals surface area contributed by atoms with Crippen LogP contribution in [0, 0.1) is 0 Å². The number of nitrogen functional groups attached to an aromatic ring is 2. The highest BCUT2D eigenvalue weighted by Gasteiger charge is 2.36. The van der Waals surface area contributed by atoms with Gasteiger partial charge in [-0.1, -0.05) is 12.1 Å². The molecular weight excluding hydrogens is 416 g/mol. The predicted octanol–water partition coefficient (Wildman–Crippen LogP) is 4.82. The fourth-order valence-corrected chi connectivity index (χ4v) is 3.95. The molecule has 0 saturated carbocycles. The van der Waals surface area contributed by atoms with E-state index in [1.165, 1.54) is 6.07 Å². The average Bonchev–Trinajstić information content (AvgIpc) is 2.81. The zero-order valence-electron chi connectivity index (χ0n) is 17.4. The lowest BCUT2D eigenvalue weighted by Crippen LogP contribution is -2.23. The summed E-state index contributed by atoms with van der Waals surface area (Å²) in [5, 5.41) is 16.8. The van der Waals surface area contributed by atoms with Gasteiger partial charge in [-0.2, -0.15) is 0 Å². The van der Waals surface area contributed by atoms with Gasteiger partial charge in [0.05, 0.1) is 28.1 Å². The number of nitrogens with one attached hydrogen (secondary N) is 2. The zero-order valence-corrected chi connectivity index (χ0v) is 17.4. The highest BCUT2D eigenvalue weighted by atomic mass is 16.3. The molecule has 0 aliphatic heterocycles. The minimum atomic E-state index is -0.434. The Labute approximate surface area is 189 Å². The quantitative estimate of drug-likeness (QED) is 0.255. The number of hydrogen-bond acceptors (Lipinski definition) is 7. The Balaban J connectivity index is 1.68. The van der Waals surface area contributed by atoms with Crippen molar-refractivity contribution in [3.63, 3.8) is 0 Å². The van der Waals surface area contributed by atoms with Crippen molar-refractivity contribution in [3.05, 3.63) is 101 Å². The average molecular weight is 436 g/mol. The van der Waals surface area contributed by atoms with E-state index in [2.05, 4.69) is 10.6 Å². The fourth-order valence-electron chi connectivity index (χ4n) is 3.95. The minimum absolute atomic E-state index is 0.00000853. The van der Waals surface area contributed by atoms with Gasteiger partial charge in [-0.25, -0.2) is 0 Å². The third kappa shape index (κ3) is 3.51. The summed E-state index contributed by atoms with van der Waals surface area (Å²) in [5.41, 5.74) is 15.7. The Morgan fingerprint density at radius 3 is 1.58 bits per heavy atom. The molecule has 1 aliphatic rings. The summed E-state index contributed by atoms with van der Waals surface area (Å²) in [5.74, 6) is -1.02. The van der Waals surface area contributed by atoms with Crippen LogP contribution in [0.1, 0.15) is 31.8 Å². The summed E-state index contributed by atoms with van der Waals surface area (Å²) in [6, 6.07) is 22.1. The van der Waals surface area contributed by atoms with Gasteiger partial charge < -0.3 is 27.2 Å². The molecule has 0 amide bonds. The van der Waals surface area contributed by atoms with Crippen LogP contribution in [0.3, 0.4) is 0 Å². The number of phenols is 1. The van der Waals surface area contributed by atoms with Crippen LogP contribution >= 0.6 is 0 Å². The Morgan fingerprint density at radius 2 is 1.06 bits per heavy atom. The molecule has 162 valence electrons. The molecule has 7 nitrogen and oxygen atoms in total. The van der Waals surface area contributed by atoms with Crippen molar-refractivity contribution in [2.75, 3.05) is 22.1 Å². The second kappa shape index (κ2) is 7.72. The molecule has 0 heterocycles. The normalized spacial score (nSPS) is 12.1. The van der Waals surface area contributed by atoms with Gasteiger partial charge in [0.25, 0.3) is 0 Å². The first-order valence-electron chi connectivity index (χ1n) is 10.3. The molecule has 4 aromatic rings. The molecule has 0 bridgehead atoms. The Hall–Kier alpha value is -4.78. The molecule has 0 radical (unpaired) electrons. The summed E-state index contributed by atoms with van der Waals surface area (Å²) in [6.07, 6.45) is 0. The number of nitrogens with two attached hydrogens (primary N) is 2. The number of benzene rings is 4. The van der Waals surface area contributed by atoms with E-state index in [9.17, 15) is 14.7 Å². The standard InChI is InChI=1S/C26H20N4O3/c27-14-4-8-16(9-5-14)29-19-12-13-20(30-17-10-6-15(28)7-11-17)24-23(19)25(32)18-2-1-3-21(31)22(18)26(24)33/h1-13,29-31H,27-28H2. The number of carbonyl (C=O) groups is 2. The van der Waals surface area contributed by atoms with Crippen LogP contribution in [0.2, 0.25) is 0 Å². The number of anilines is 6. The van der Waals surface area contributed by atoms with E-state index in [4.69, 9.17) is 11.5 Å². The van der Waals surface area contributed by atoms with Crippen molar-refractivity contribution in [2.24, 2.45) is 0 Å². The first-order chi connectivity index (χ1) is 15.9. The van der Waals surface area contributed by atoms with Crippen LogP contribution in [0.5, 0.6) is 5.75 Å². The molecule has 0 fully saturated rings. The van der Waals surface area contributed by atoms with Crippen LogP contribution in [-0.2, 0) is 0 Å². The maximum atomic E-state index is 13.6. The van der Waals surface area contributed by atoms with E-state index in [1.54, 1.807) is 72.8 Å². The lowest BCUT2D eigenvalue weighted by atomic mass is 9.81. The molecule has 1 aliphatic carbocycles. The SMILES string of the molecule is Nc1ccc(Nc2ccc(Nc3ccc(N)cc3)c3c2C(=O)c2cccc(O)c2C3=O)cc1. The van der Waals surface area contributed by atoms with Crippen LogP contribution in [0.15, 0.2) is 78.9 Å². The lowest BCUT2D eigenvalue weighted by Gasteiger charge is -2.24. The summed E-state index contributed by atoms with van der Waals surface area (Å²) in [4.78, 5) is 27.1. The molecule has 4 aromatic carbocycles. The first-order valence-corrected chi connectivity index (χ1v) is 10.3. The Bertz CT molecular complexity index is 1410. The molecule has 7 N–H and O–H groups in total. The largest absolute Gasteiger partial charge is 0.507 e. The predicted molar refractivity (Wildman–Crippen MR) is 130 cm³/mol. The summed E-state index contributed by atoms with van der Waals surface area (Å²) < 4.78 is 0. The topological polar surface area (TPSA) is 130 Å². The Morgan fingerprint density at radius 1 is 0.576 bits per heavy atom. The van der Waals surface area contributed by atoms with E-state index in [-0.39, 0.29) is 33.8 Å². The molecule has 0 unspecified atom stereocenters. The van der Waals surface area contributed by atoms with Crippen molar-refractivity contribution in [1.29, 1.82) is 0 Å². The Kier molecular flexibility index (Phi) is 4.71.